The van der Waals surface area contributed by atoms with Crippen LogP contribution in [-0.2, 0) is 19.1 Å². The molecule has 3 N–H and O–H groups in total. The number of ether oxygens (including phenoxy) is 1. The summed E-state index contributed by atoms with van der Waals surface area (Å²) in [5.41, 5.74) is 6.78. The molecular formula is C14H18N2O4S. The van der Waals surface area contributed by atoms with Crippen LogP contribution in [0.5, 0.6) is 0 Å². The molecule has 0 saturated carbocycles. The minimum absolute atomic E-state index is 0.0149. The summed E-state index contributed by atoms with van der Waals surface area (Å²) in [7, 11) is 0. The summed E-state index contributed by atoms with van der Waals surface area (Å²) >= 11 is 1.11. The number of amides is 2. The van der Waals surface area contributed by atoms with E-state index in [0.29, 0.717) is 5.69 Å². The van der Waals surface area contributed by atoms with E-state index in [0.717, 1.165) is 17.3 Å². The first-order chi connectivity index (χ1) is 9.88. The lowest BCUT2D eigenvalue weighted by molar-refractivity contribution is -0.151. The lowest BCUT2D eigenvalue weighted by Gasteiger charge is -2.09. The van der Waals surface area contributed by atoms with Crippen LogP contribution >= 0.6 is 11.8 Å². The van der Waals surface area contributed by atoms with Crippen LogP contribution in [0, 0.1) is 6.92 Å². The molecule has 0 aliphatic carbocycles. The van der Waals surface area contributed by atoms with E-state index in [9.17, 15) is 14.4 Å². The largest absolute Gasteiger partial charge is 0.452 e. The molecule has 1 atom stereocenters. The Bertz CT molecular complexity index is 516. The first-order valence-electron chi connectivity index (χ1n) is 6.31. The van der Waals surface area contributed by atoms with Crippen molar-refractivity contribution >= 4 is 35.2 Å². The number of thioether (sulfide) groups is 1. The van der Waals surface area contributed by atoms with Crippen molar-refractivity contribution in [2.45, 2.75) is 20.0 Å². The molecule has 0 fully saturated rings. The van der Waals surface area contributed by atoms with E-state index in [1.807, 2.05) is 19.1 Å². The second kappa shape index (κ2) is 8.31. The number of anilines is 1. The van der Waals surface area contributed by atoms with Crippen molar-refractivity contribution in [1.29, 1.82) is 0 Å². The Hall–Kier alpha value is -2.02. The third kappa shape index (κ3) is 6.80. The molecule has 0 bridgehead atoms. The monoisotopic (exact) mass is 310 g/mol. The number of hydrogen-bond acceptors (Lipinski definition) is 5. The number of aryl methyl sites for hydroxylation is 1. The van der Waals surface area contributed by atoms with Crippen LogP contribution in [0.2, 0.25) is 0 Å². The third-order valence-electron chi connectivity index (χ3n) is 2.50. The van der Waals surface area contributed by atoms with Crippen LogP contribution in [0.15, 0.2) is 24.3 Å². The molecule has 0 heterocycles. The van der Waals surface area contributed by atoms with E-state index < -0.39 is 18.0 Å². The Morgan fingerprint density at radius 3 is 2.43 bits per heavy atom. The molecule has 1 rings (SSSR count). The number of carbonyl (C=O) groups is 3. The smallest absolute Gasteiger partial charge is 0.316 e. The van der Waals surface area contributed by atoms with Crippen molar-refractivity contribution < 1.29 is 19.1 Å². The summed E-state index contributed by atoms with van der Waals surface area (Å²) in [6.07, 6.45) is -0.959. The van der Waals surface area contributed by atoms with Crippen LogP contribution in [0.3, 0.4) is 0 Å². The summed E-state index contributed by atoms with van der Waals surface area (Å²) in [6.45, 7) is 3.36. The van der Waals surface area contributed by atoms with Crippen LogP contribution in [0.4, 0.5) is 5.69 Å². The van der Waals surface area contributed by atoms with Gasteiger partial charge < -0.3 is 15.8 Å². The zero-order valence-electron chi connectivity index (χ0n) is 11.9. The van der Waals surface area contributed by atoms with Gasteiger partial charge in [0.25, 0.3) is 5.91 Å². The molecule has 1 aromatic carbocycles. The van der Waals surface area contributed by atoms with Gasteiger partial charge >= 0.3 is 5.97 Å². The van der Waals surface area contributed by atoms with Crippen molar-refractivity contribution in [3.05, 3.63) is 29.8 Å². The van der Waals surface area contributed by atoms with Gasteiger partial charge in [0, 0.05) is 5.69 Å². The topological polar surface area (TPSA) is 98.5 Å². The lowest BCUT2D eigenvalue weighted by atomic mass is 10.2. The Kier molecular flexibility index (Phi) is 6.74. The highest BCUT2D eigenvalue weighted by Gasteiger charge is 2.14. The van der Waals surface area contributed by atoms with Crippen LogP contribution in [0.25, 0.3) is 0 Å². The molecule has 0 spiro atoms. The van der Waals surface area contributed by atoms with Crippen molar-refractivity contribution in [2.75, 3.05) is 16.8 Å². The summed E-state index contributed by atoms with van der Waals surface area (Å²) in [6, 6.07) is 7.40. The van der Waals surface area contributed by atoms with E-state index in [1.54, 1.807) is 12.1 Å². The number of esters is 1. The van der Waals surface area contributed by atoms with Gasteiger partial charge in [0.2, 0.25) is 5.91 Å². The van der Waals surface area contributed by atoms with Gasteiger partial charge in [0.1, 0.15) is 0 Å². The zero-order chi connectivity index (χ0) is 15.8. The van der Waals surface area contributed by atoms with Crippen molar-refractivity contribution in [3.63, 3.8) is 0 Å². The fourth-order valence-corrected chi connectivity index (χ4v) is 1.94. The second-order valence-corrected chi connectivity index (χ2v) is 5.43. The molecule has 0 saturated heterocycles. The number of carbonyl (C=O) groups excluding carboxylic acids is 3. The van der Waals surface area contributed by atoms with Gasteiger partial charge in [0.05, 0.1) is 11.5 Å². The van der Waals surface area contributed by atoms with E-state index >= 15 is 0 Å². The van der Waals surface area contributed by atoms with Gasteiger partial charge in [-0.05, 0) is 26.0 Å². The molecule has 114 valence electrons. The highest BCUT2D eigenvalue weighted by atomic mass is 32.2. The number of benzene rings is 1. The van der Waals surface area contributed by atoms with Crippen LogP contribution in [-0.4, -0.2) is 35.4 Å². The minimum atomic E-state index is -0.959. The molecule has 1 aromatic rings. The fraction of sp³-hybridized carbons (Fsp3) is 0.357. The molecule has 21 heavy (non-hydrogen) atoms. The first-order valence-corrected chi connectivity index (χ1v) is 7.47. The Labute approximate surface area is 127 Å². The van der Waals surface area contributed by atoms with Crippen molar-refractivity contribution in [2.24, 2.45) is 5.73 Å². The summed E-state index contributed by atoms with van der Waals surface area (Å²) in [5, 5.41) is 2.72. The minimum Gasteiger partial charge on any atom is -0.452 e. The predicted molar refractivity (Wildman–Crippen MR) is 81.9 cm³/mol. The molecule has 7 heteroatoms. The summed E-state index contributed by atoms with van der Waals surface area (Å²) in [4.78, 5) is 33.7. The highest BCUT2D eigenvalue weighted by Crippen LogP contribution is 2.10. The van der Waals surface area contributed by atoms with Gasteiger partial charge in [-0.25, -0.2) is 0 Å². The maximum atomic E-state index is 11.7. The zero-order valence-corrected chi connectivity index (χ0v) is 12.7. The van der Waals surface area contributed by atoms with E-state index in [4.69, 9.17) is 10.5 Å². The highest BCUT2D eigenvalue weighted by molar-refractivity contribution is 8.00. The molecule has 0 unspecified atom stereocenters. The van der Waals surface area contributed by atoms with Gasteiger partial charge in [-0.2, -0.15) is 0 Å². The number of rotatable bonds is 7. The van der Waals surface area contributed by atoms with E-state index in [1.165, 1.54) is 6.92 Å². The van der Waals surface area contributed by atoms with Crippen LogP contribution < -0.4 is 11.1 Å². The number of primary amides is 1. The Morgan fingerprint density at radius 2 is 1.86 bits per heavy atom. The number of hydrogen-bond donors (Lipinski definition) is 2. The maximum Gasteiger partial charge on any atom is 0.316 e. The average molecular weight is 310 g/mol. The Morgan fingerprint density at radius 1 is 1.24 bits per heavy atom. The summed E-state index contributed by atoms with van der Waals surface area (Å²) < 4.78 is 4.76. The maximum absolute atomic E-state index is 11.7. The van der Waals surface area contributed by atoms with Gasteiger partial charge in [-0.15, -0.1) is 11.8 Å². The lowest BCUT2D eigenvalue weighted by Crippen LogP contribution is -2.31. The quantitative estimate of drug-likeness (QED) is 0.734. The summed E-state index contributed by atoms with van der Waals surface area (Å²) in [5.74, 6) is -1.38. The second-order valence-electron chi connectivity index (χ2n) is 4.44. The number of nitrogens with one attached hydrogen (secondary N) is 1. The molecule has 0 aromatic heterocycles. The fourth-order valence-electron chi connectivity index (χ4n) is 1.35. The SMILES string of the molecule is Cc1ccc(NC(=O)CSCC(=O)O[C@@H](C)C(N)=O)cc1. The molecule has 2 amide bonds. The van der Waals surface area contributed by atoms with Gasteiger partial charge in [-0.1, -0.05) is 17.7 Å². The van der Waals surface area contributed by atoms with Gasteiger partial charge in [0.15, 0.2) is 6.10 Å². The number of nitrogens with two attached hydrogens (primary N) is 1. The van der Waals surface area contributed by atoms with E-state index in [2.05, 4.69) is 5.32 Å². The molecule has 0 radical (unpaired) electrons. The van der Waals surface area contributed by atoms with Crippen molar-refractivity contribution in [1.82, 2.24) is 0 Å². The molecular weight excluding hydrogens is 292 g/mol. The standard InChI is InChI=1S/C14H18N2O4S/c1-9-3-5-11(6-4-9)16-12(17)7-21-8-13(18)20-10(2)14(15)19/h3-6,10H,7-8H2,1-2H3,(H2,15,19)(H,16,17)/t10-/m0/s1. The molecule has 6 nitrogen and oxygen atoms in total. The molecule has 0 aliphatic heterocycles. The van der Waals surface area contributed by atoms with Gasteiger partial charge in [-0.3, -0.25) is 14.4 Å². The third-order valence-corrected chi connectivity index (χ3v) is 3.40. The Balaban J connectivity index is 2.26. The first kappa shape index (κ1) is 17.0. The predicted octanol–water partition coefficient (Wildman–Crippen LogP) is 1.08. The van der Waals surface area contributed by atoms with E-state index in [-0.39, 0.29) is 17.4 Å². The molecule has 0 aliphatic rings. The normalized spacial score (nSPS) is 11.5. The van der Waals surface area contributed by atoms with Crippen molar-refractivity contribution in [3.8, 4) is 0 Å². The van der Waals surface area contributed by atoms with Crippen LogP contribution in [0.1, 0.15) is 12.5 Å². The average Bonchev–Trinajstić information content (AvgIpc) is 2.41.